The summed E-state index contributed by atoms with van der Waals surface area (Å²) in [5.74, 6) is -0.471. The van der Waals surface area contributed by atoms with Crippen molar-refractivity contribution in [3.8, 4) is 0 Å². The van der Waals surface area contributed by atoms with Crippen molar-refractivity contribution in [2.45, 2.75) is 41.1 Å². The molecule has 2 N–H and O–H groups in total. The van der Waals surface area contributed by atoms with Crippen LogP contribution in [0.15, 0.2) is 35.2 Å². The molecule has 0 unspecified atom stereocenters. The van der Waals surface area contributed by atoms with Crippen LogP contribution < -0.4 is 5.32 Å². The average molecular weight is 369 g/mol. The number of carbonyl (C=O) groups is 1. The van der Waals surface area contributed by atoms with Gasteiger partial charge in [0.1, 0.15) is 6.10 Å². The predicted octanol–water partition coefficient (Wildman–Crippen LogP) is 0.276. The van der Waals surface area contributed by atoms with Crippen molar-refractivity contribution in [3.63, 3.8) is 0 Å². The van der Waals surface area contributed by atoms with E-state index in [-0.39, 0.29) is 30.3 Å². The van der Waals surface area contributed by atoms with Crippen LogP contribution in [-0.2, 0) is 24.1 Å². The molecule has 8 heteroatoms. The fourth-order valence-electron chi connectivity index (χ4n) is 3.10. The van der Waals surface area contributed by atoms with Gasteiger partial charge in [0.2, 0.25) is 5.91 Å². The summed E-state index contributed by atoms with van der Waals surface area (Å²) >= 11 is 0. The van der Waals surface area contributed by atoms with Gasteiger partial charge in [-0.2, -0.15) is 0 Å². The topological polar surface area (TPSA) is 102 Å². The van der Waals surface area contributed by atoms with E-state index in [1.165, 1.54) is 12.1 Å². The molecule has 25 heavy (non-hydrogen) atoms. The normalized spacial score (nSPS) is 25.3. The molecule has 0 radical (unpaired) electrons. The summed E-state index contributed by atoms with van der Waals surface area (Å²) in [6.45, 7) is 0.809. The van der Waals surface area contributed by atoms with Crippen LogP contribution in [-0.4, -0.2) is 62.8 Å². The van der Waals surface area contributed by atoms with Gasteiger partial charge in [-0.3, -0.25) is 4.79 Å². The van der Waals surface area contributed by atoms with E-state index in [0.29, 0.717) is 32.5 Å². The minimum absolute atomic E-state index is 0.122. The lowest BCUT2D eigenvalue weighted by Gasteiger charge is -2.33. The fourth-order valence-corrected chi connectivity index (χ4v) is 5.01. The summed E-state index contributed by atoms with van der Waals surface area (Å²) in [5.41, 5.74) is 0. The van der Waals surface area contributed by atoms with Crippen molar-refractivity contribution in [1.29, 1.82) is 0 Å². The molecule has 2 aliphatic rings. The van der Waals surface area contributed by atoms with Crippen LogP contribution in [0.1, 0.15) is 19.3 Å². The first-order valence-corrected chi connectivity index (χ1v) is 9.90. The Morgan fingerprint density at radius 2 is 2.04 bits per heavy atom. The van der Waals surface area contributed by atoms with Crippen molar-refractivity contribution >= 4 is 15.7 Å². The number of nitrogens with one attached hydrogen (secondary N) is 1. The van der Waals surface area contributed by atoms with Gasteiger partial charge >= 0.3 is 0 Å². The predicted molar refractivity (Wildman–Crippen MR) is 89.8 cm³/mol. The van der Waals surface area contributed by atoms with Crippen molar-refractivity contribution < 1.29 is 27.8 Å². The standard InChI is InChI=1S/C17H23NO6S/c19-9-11-24-15-12-23-10-6-14(15)18-16(20)17(7-8-17)25(21,22)13-4-2-1-3-5-13/h1-5,14-15,19H,6-12H2,(H,18,20)/t14-,15-/m1/s1. The molecule has 1 aromatic rings. The summed E-state index contributed by atoms with van der Waals surface area (Å²) < 4.78 is 35.3. The second kappa shape index (κ2) is 7.41. The Kier molecular flexibility index (Phi) is 5.43. The van der Waals surface area contributed by atoms with Gasteiger partial charge < -0.3 is 19.9 Å². The molecule has 138 valence electrons. The molecule has 1 heterocycles. The van der Waals surface area contributed by atoms with Crippen molar-refractivity contribution in [3.05, 3.63) is 30.3 Å². The van der Waals surface area contributed by atoms with E-state index >= 15 is 0 Å². The number of hydrogen-bond donors (Lipinski definition) is 2. The molecule has 0 spiro atoms. The average Bonchev–Trinajstić information content (AvgIpc) is 3.44. The molecule has 0 aromatic heterocycles. The molecule has 1 saturated carbocycles. The third-order valence-electron chi connectivity index (χ3n) is 4.73. The number of rotatable bonds is 7. The number of benzene rings is 1. The Morgan fingerprint density at radius 1 is 1.32 bits per heavy atom. The Balaban J connectivity index is 1.74. The zero-order valence-corrected chi connectivity index (χ0v) is 14.7. The van der Waals surface area contributed by atoms with Gasteiger partial charge in [0.05, 0.1) is 30.8 Å². The van der Waals surface area contributed by atoms with Gasteiger partial charge in [-0.25, -0.2) is 8.42 Å². The van der Waals surface area contributed by atoms with E-state index in [9.17, 15) is 13.2 Å². The number of sulfone groups is 1. The number of amides is 1. The molecule has 0 bridgehead atoms. The molecule has 1 aliphatic carbocycles. The Bertz CT molecular complexity index is 701. The van der Waals surface area contributed by atoms with Crippen molar-refractivity contribution in [2.24, 2.45) is 0 Å². The number of carbonyl (C=O) groups excluding carboxylic acids is 1. The molecule has 2 atom stereocenters. The Hall–Kier alpha value is -1.48. The maximum absolute atomic E-state index is 12.9. The molecule has 1 amide bonds. The summed E-state index contributed by atoms with van der Waals surface area (Å²) in [7, 11) is -3.74. The van der Waals surface area contributed by atoms with Crippen LogP contribution in [0.5, 0.6) is 0 Å². The Labute approximate surface area is 147 Å². The van der Waals surface area contributed by atoms with Crippen LogP contribution in [0, 0.1) is 0 Å². The van der Waals surface area contributed by atoms with Crippen molar-refractivity contribution in [1.82, 2.24) is 5.32 Å². The van der Waals surface area contributed by atoms with E-state index in [1.54, 1.807) is 18.2 Å². The summed E-state index contributed by atoms with van der Waals surface area (Å²) in [6.07, 6.45) is 0.798. The van der Waals surface area contributed by atoms with E-state index in [2.05, 4.69) is 5.32 Å². The monoisotopic (exact) mass is 369 g/mol. The van der Waals surface area contributed by atoms with Crippen LogP contribution in [0.25, 0.3) is 0 Å². The first-order valence-electron chi connectivity index (χ1n) is 8.42. The summed E-state index contributed by atoms with van der Waals surface area (Å²) in [6, 6.07) is 7.76. The lowest BCUT2D eigenvalue weighted by atomic mass is 10.1. The highest BCUT2D eigenvalue weighted by Gasteiger charge is 2.61. The fraction of sp³-hybridized carbons (Fsp3) is 0.588. The molecular weight excluding hydrogens is 346 g/mol. The van der Waals surface area contributed by atoms with E-state index in [1.807, 2.05) is 0 Å². The minimum Gasteiger partial charge on any atom is -0.394 e. The van der Waals surface area contributed by atoms with E-state index < -0.39 is 20.5 Å². The van der Waals surface area contributed by atoms with Crippen LogP contribution in [0.3, 0.4) is 0 Å². The van der Waals surface area contributed by atoms with Gasteiger partial charge in [-0.15, -0.1) is 0 Å². The highest BCUT2D eigenvalue weighted by molar-refractivity contribution is 7.94. The van der Waals surface area contributed by atoms with Crippen LogP contribution in [0.4, 0.5) is 0 Å². The zero-order valence-electron chi connectivity index (χ0n) is 13.9. The maximum Gasteiger partial charge on any atom is 0.242 e. The van der Waals surface area contributed by atoms with Crippen LogP contribution >= 0.6 is 0 Å². The molecule has 3 rings (SSSR count). The molecule has 1 saturated heterocycles. The number of aliphatic hydroxyl groups is 1. The minimum atomic E-state index is -3.74. The van der Waals surface area contributed by atoms with Gasteiger partial charge in [-0.1, -0.05) is 18.2 Å². The first-order chi connectivity index (χ1) is 12.0. The van der Waals surface area contributed by atoms with Gasteiger partial charge in [-0.05, 0) is 31.4 Å². The lowest BCUT2D eigenvalue weighted by Crippen LogP contribution is -2.54. The number of aliphatic hydroxyl groups excluding tert-OH is 1. The first kappa shape index (κ1) is 18.3. The lowest BCUT2D eigenvalue weighted by molar-refractivity contribution is -0.126. The van der Waals surface area contributed by atoms with E-state index in [4.69, 9.17) is 14.6 Å². The zero-order chi connectivity index (χ0) is 17.9. The quantitative estimate of drug-likeness (QED) is 0.716. The summed E-state index contributed by atoms with van der Waals surface area (Å²) in [5, 5.41) is 11.8. The number of hydrogen-bond acceptors (Lipinski definition) is 6. The third-order valence-corrected chi connectivity index (χ3v) is 7.24. The molecule has 1 aromatic carbocycles. The second-order valence-corrected chi connectivity index (χ2v) is 8.65. The SMILES string of the molecule is O=C(N[C@@H]1CCOC[C@H]1OCCO)C1(S(=O)(=O)c2ccccc2)CC1. The van der Waals surface area contributed by atoms with Gasteiger partial charge in [0.25, 0.3) is 0 Å². The van der Waals surface area contributed by atoms with Gasteiger partial charge in [0.15, 0.2) is 14.6 Å². The maximum atomic E-state index is 12.9. The summed E-state index contributed by atoms with van der Waals surface area (Å²) in [4.78, 5) is 13.0. The highest BCUT2D eigenvalue weighted by atomic mass is 32.2. The smallest absolute Gasteiger partial charge is 0.242 e. The number of ether oxygens (including phenoxy) is 2. The van der Waals surface area contributed by atoms with Crippen molar-refractivity contribution in [2.75, 3.05) is 26.4 Å². The van der Waals surface area contributed by atoms with E-state index in [0.717, 1.165) is 0 Å². The molecule has 1 aliphatic heterocycles. The third kappa shape index (κ3) is 3.57. The largest absolute Gasteiger partial charge is 0.394 e. The van der Waals surface area contributed by atoms with Gasteiger partial charge in [0, 0.05) is 6.61 Å². The molecule has 2 fully saturated rings. The Morgan fingerprint density at radius 3 is 2.68 bits per heavy atom. The second-order valence-electron chi connectivity index (χ2n) is 6.39. The highest BCUT2D eigenvalue weighted by Crippen LogP contribution is 2.47. The molecule has 7 nitrogen and oxygen atoms in total. The molecular formula is C17H23NO6S. The van der Waals surface area contributed by atoms with Crippen LogP contribution in [0.2, 0.25) is 0 Å².